The minimum Gasteiger partial charge on any atom is -0.390 e. The van der Waals surface area contributed by atoms with Crippen LogP contribution in [0.2, 0.25) is 0 Å². The Morgan fingerprint density at radius 2 is 1.00 bits per heavy atom. The van der Waals surface area contributed by atoms with E-state index in [0.29, 0.717) is 30.3 Å². The van der Waals surface area contributed by atoms with Gasteiger partial charge in [-0.2, -0.15) is 0 Å². The number of amides is 1. The van der Waals surface area contributed by atoms with Crippen LogP contribution >= 0.6 is 7.82 Å². The molecule has 10 heteroatoms. The van der Waals surface area contributed by atoms with Gasteiger partial charge >= 0.3 is 7.82 Å². The molecule has 0 aromatic carbocycles. The second-order valence-electron chi connectivity index (χ2n) is 17.2. The van der Waals surface area contributed by atoms with Gasteiger partial charge in [0, 0.05) is 6.42 Å². The van der Waals surface area contributed by atoms with E-state index in [4.69, 9.17) is 9.05 Å². The van der Waals surface area contributed by atoms with Crippen LogP contribution in [0.4, 0.5) is 0 Å². The second-order valence-corrected chi connectivity index (χ2v) is 18.7. The smallest absolute Gasteiger partial charge is 0.390 e. The summed E-state index contributed by atoms with van der Waals surface area (Å²) in [5, 5.41) is 24.6. The van der Waals surface area contributed by atoms with Gasteiger partial charge in [0.1, 0.15) is 19.3 Å². The molecule has 0 saturated heterocycles. The minimum absolute atomic E-state index is 0.00283. The lowest BCUT2D eigenvalue weighted by Gasteiger charge is -2.28. The standard InChI is InChI=1S/C53H91N2O7P/c1-6-8-10-12-14-16-18-20-21-22-23-24-25-26-27-28-29-30-31-32-33-34-36-38-40-42-44-46-52(57)54-50(49-62-63(59,60)61-48-47-55(3,4)5)53(58)51(56)45-43-41-39-37-35-19-17-15-13-11-9-7-2/h8,10,14-17,20-21,23-24,26-27,29-30,32-33,37,39,50-51,53,56,58H,6-7,9,11-13,18-19,22,25,28,31,34-36,38,40-49H2,1-5H3,(H-,54,57,59,60)/p+1/b10-8-,16-14-,17-15+,21-20-,24-23-,27-26-,30-29-,33-32-,39-37+. The van der Waals surface area contributed by atoms with Crippen molar-refractivity contribution >= 4 is 13.7 Å². The number of aliphatic hydroxyl groups excluding tert-OH is 2. The maximum absolute atomic E-state index is 12.9. The number of phosphoric acid groups is 1. The van der Waals surface area contributed by atoms with E-state index in [9.17, 15) is 24.5 Å². The van der Waals surface area contributed by atoms with Crippen molar-refractivity contribution in [2.75, 3.05) is 40.9 Å². The van der Waals surface area contributed by atoms with E-state index in [-0.39, 0.29) is 18.9 Å². The summed E-state index contributed by atoms with van der Waals surface area (Å²) >= 11 is 0. The number of likely N-dealkylation sites (N-methyl/N-ethyl adjacent to an activating group) is 1. The van der Waals surface area contributed by atoms with Gasteiger partial charge < -0.3 is 24.9 Å². The van der Waals surface area contributed by atoms with Crippen LogP contribution in [0, 0.1) is 0 Å². The number of aliphatic hydroxyl groups is 2. The number of carbonyl (C=O) groups excluding carboxylic acids is 1. The Morgan fingerprint density at radius 1 is 0.571 bits per heavy atom. The highest BCUT2D eigenvalue weighted by molar-refractivity contribution is 7.47. The predicted octanol–water partition coefficient (Wildman–Crippen LogP) is 13.1. The normalized spacial score (nSPS) is 15.6. The predicted molar refractivity (Wildman–Crippen MR) is 268 cm³/mol. The quantitative estimate of drug-likeness (QED) is 0.0208. The van der Waals surface area contributed by atoms with E-state index in [2.05, 4.69) is 129 Å². The molecule has 0 spiro atoms. The Morgan fingerprint density at radius 3 is 1.51 bits per heavy atom. The Labute approximate surface area is 385 Å². The third-order valence-corrected chi connectivity index (χ3v) is 11.1. The van der Waals surface area contributed by atoms with Crippen LogP contribution < -0.4 is 5.32 Å². The number of allylic oxidation sites excluding steroid dienone is 18. The van der Waals surface area contributed by atoms with Gasteiger partial charge in [0.15, 0.2) is 0 Å². The molecule has 0 aliphatic carbocycles. The fraction of sp³-hybridized carbons (Fsp3) is 0.642. The Bertz CT molecular complexity index is 1410. The molecule has 0 bridgehead atoms. The molecular weight excluding hydrogens is 808 g/mol. The van der Waals surface area contributed by atoms with Gasteiger partial charge in [-0.1, -0.05) is 155 Å². The van der Waals surface area contributed by atoms with Crippen molar-refractivity contribution in [3.8, 4) is 0 Å². The van der Waals surface area contributed by atoms with Gasteiger partial charge in [-0.15, -0.1) is 0 Å². The van der Waals surface area contributed by atoms with Crippen LogP contribution in [0.5, 0.6) is 0 Å². The third-order valence-electron chi connectivity index (χ3n) is 10.1. The summed E-state index contributed by atoms with van der Waals surface area (Å²) in [7, 11) is 1.37. The first-order chi connectivity index (χ1) is 30.4. The molecule has 63 heavy (non-hydrogen) atoms. The zero-order valence-corrected chi connectivity index (χ0v) is 41.3. The SMILES string of the molecule is CC/C=C\C/C=C\C/C=C\C/C=C\C/C=C\C/C=C\C/C=C\CCCCCCCC(=O)NC(COP(=O)(O)OCC[N+](C)(C)C)C(O)C(O)CCC/C=C/CC/C=C/CCCCC. The summed E-state index contributed by atoms with van der Waals surface area (Å²) in [6, 6.07) is -1.07. The van der Waals surface area contributed by atoms with Crippen LogP contribution in [0.1, 0.15) is 162 Å². The van der Waals surface area contributed by atoms with Gasteiger partial charge in [0.05, 0.1) is 39.9 Å². The van der Waals surface area contributed by atoms with Crippen LogP contribution in [0.3, 0.4) is 0 Å². The number of hydrogen-bond acceptors (Lipinski definition) is 6. The second kappa shape index (κ2) is 43.0. The van der Waals surface area contributed by atoms with E-state index in [1.807, 2.05) is 21.1 Å². The topological polar surface area (TPSA) is 125 Å². The van der Waals surface area contributed by atoms with Crippen molar-refractivity contribution in [2.45, 2.75) is 180 Å². The Hall–Kier alpha value is -2.88. The fourth-order valence-corrected chi connectivity index (χ4v) is 6.93. The third kappa shape index (κ3) is 44.1. The number of hydrogen-bond donors (Lipinski definition) is 4. The molecular formula is C53H92N2O7P+. The summed E-state index contributed by atoms with van der Waals surface area (Å²) in [5.74, 6) is -0.298. The minimum atomic E-state index is -4.44. The number of quaternary nitrogens is 1. The number of unbranched alkanes of at least 4 members (excludes halogenated alkanes) is 10. The summed E-state index contributed by atoms with van der Waals surface area (Å²) in [6.07, 6.45) is 58.7. The maximum atomic E-state index is 12.9. The summed E-state index contributed by atoms with van der Waals surface area (Å²) < 4.78 is 23.5. The van der Waals surface area contributed by atoms with Crippen LogP contribution in [-0.2, 0) is 18.4 Å². The highest BCUT2D eigenvalue weighted by Gasteiger charge is 2.31. The number of phosphoric ester groups is 1. The van der Waals surface area contributed by atoms with Crippen LogP contribution in [0.25, 0.3) is 0 Å². The molecule has 0 aliphatic rings. The van der Waals surface area contributed by atoms with Crippen molar-refractivity contribution < 1.29 is 38.0 Å². The Kier molecular flexibility index (Phi) is 41.1. The molecule has 9 nitrogen and oxygen atoms in total. The molecule has 4 N–H and O–H groups in total. The average Bonchev–Trinajstić information content (AvgIpc) is 3.24. The average molecular weight is 900 g/mol. The number of carbonyl (C=O) groups is 1. The molecule has 0 saturated carbocycles. The largest absolute Gasteiger partial charge is 0.472 e. The molecule has 4 unspecified atom stereocenters. The first-order valence-corrected chi connectivity index (χ1v) is 25.8. The van der Waals surface area contributed by atoms with Crippen molar-refractivity contribution in [3.63, 3.8) is 0 Å². The van der Waals surface area contributed by atoms with Crippen molar-refractivity contribution in [2.24, 2.45) is 0 Å². The van der Waals surface area contributed by atoms with Gasteiger partial charge in [-0.05, 0) is 109 Å². The van der Waals surface area contributed by atoms with Gasteiger partial charge in [0.2, 0.25) is 5.91 Å². The maximum Gasteiger partial charge on any atom is 0.472 e. The van der Waals surface area contributed by atoms with Crippen molar-refractivity contribution in [1.82, 2.24) is 5.32 Å². The van der Waals surface area contributed by atoms with Gasteiger partial charge in [-0.3, -0.25) is 13.8 Å². The van der Waals surface area contributed by atoms with Crippen molar-refractivity contribution in [3.05, 3.63) is 109 Å². The molecule has 0 radical (unpaired) electrons. The molecule has 1 amide bonds. The molecule has 0 heterocycles. The van der Waals surface area contributed by atoms with E-state index in [1.54, 1.807) is 0 Å². The summed E-state index contributed by atoms with van der Waals surface area (Å²) in [5.41, 5.74) is 0. The highest BCUT2D eigenvalue weighted by Crippen LogP contribution is 2.43. The lowest BCUT2D eigenvalue weighted by Crippen LogP contribution is -2.51. The highest BCUT2D eigenvalue weighted by atomic mass is 31.2. The van der Waals surface area contributed by atoms with E-state index >= 15 is 0 Å². The van der Waals surface area contributed by atoms with Crippen molar-refractivity contribution in [1.29, 1.82) is 0 Å². The van der Waals surface area contributed by atoms with Gasteiger partial charge in [0.25, 0.3) is 0 Å². The van der Waals surface area contributed by atoms with Crippen LogP contribution in [0.15, 0.2) is 109 Å². The molecule has 360 valence electrons. The lowest BCUT2D eigenvalue weighted by atomic mass is 10.0. The zero-order valence-electron chi connectivity index (χ0n) is 40.4. The zero-order chi connectivity index (χ0) is 46.5. The molecule has 0 aromatic heterocycles. The molecule has 4 atom stereocenters. The van der Waals surface area contributed by atoms with E-state index in [1.165, 1.54) is 19.3 Å². The number of nitrogens with one attached hydrogen (secondary N) is 1. The van der Waals surface area contributed by atoms with E-state index < -0.39 is 32.7 Å². The van der Waals surface area contributed by atoms with Crippen LogP contribution in [-0.4, -0.2) is 84.6 Å². The molecule has 0 rings (SSSR count). The molecule has 0 aromatic rings. The number of rotatable bonds is 42. The first kappa shape index (κ1) is 60.1. The number of nitrogens with zero attached hydrogens (tertiary/aromatic N) is 1. The Balaban J connectivity index is 4.46. The fourth-order valence-electron chi connectivity index (χ4n) is 6.19. The summed E-state index contributed by atoms with van der Waals surface area (Å²) in [6.45, 7) is 4.38. The lowest BCUT2D eigenvalue weighted by molar-refractivity contribution is -0.870. The van der Waals surface area contributed by atoms with Gasteiger partial charge in [-0.25, -0.2) is 4.57 Å². The molecule has 0 fully saturated rings. The first-order valence-electron chi connectivity index (χ1n) is 24.3. The molecule has 0 aliphatic heterocycles. The van der Waals surface area contributed by atoms with E-state index in [0.717, 1.165) is 103 Å². The summed E-state index contributed by atoms with van der Waals surface area (Å²) in [4.78, 5) is 23.2. The monoisotopic (exact) mass is 900 g/mol.